The van der Waals surface area contributed by atoms with Gasteiger partial charge >= 0.3 is 5.97 Å². The summed E-state index contributed by atoms with van der Waals surface area (Å²) >= 11 is 1.61. The standard InChI is InChI=1S/C21H24N4O2S/c1-3-18(22)19-23-24-21(25(19)13-15-7-5-4-6-8-15)28-14-16-9-11-17(12-10-16)20(26)27-2/h4-12,18H,3,13-14,22H2,1-2H3. The van der Waals surface area contributed by atoms with Gasteiger partial charge in [0.15, 0.2) is 11.0 Å². The van der Waals surface area contributed by atoms with Gasteiger partial charge in [0, 0.05) is 5.75 Å². The second kappa shape index (κ2) is 9.52. The van der Waals surface area contributed by atoms with Crippen molar-refractivity contribution in [3.05, 3.63) is 77.1 Å². The number of carbonyl (C=O) groups is 1. The van der Waals surface area contributed by atoms with E-state index < -0.39 is 0 Å². The lowest BCUT2D eigenvalue weighted by Crippen LogP contribution is -2.17. The molecule has 0 aliphatic rings. The lowest BCUT2D eigenvalue weighted by molar-refractivity contribution is 0.0600. The molecule has 0 spiro atoms. The molecule has 0 aliphatic heterocycles. The molecule has 0 saturated carbocycles. The second-order valence-electron chi connectivity index (χ2n) is 6.40. The van der Waals surface area contributed by atoms with Crippen molar-refractivity contribution in [1.29, 1.82) is 0 Å². The van der Waals surface area contributed by atoms with Gasteiger partial charge in [-0.1, -0.05) is 61.2 Å². The fraction of sp³-hybridized carbons (Fsp3) is 0.286. The lowest BCUT2D eigenvalue weighted by atomic mass is 10.1. The number of rotatable bonds is 8. The maximum atomic E-state index is 11.6. The number of aromatic nitrogens is 3. The normalized spacial score (nSPS) is 12.0. The third-order valence-electron chi connectivity index (χ3n) is 4.44. The zero-order valence-electron chi connectivity index (χ0n) is 16.0. The number of esters is 1. The van der Waals surface area contributed by atoms with Crippen molar-refractivity contribution in [2.75, 3.05) is 7.11 Å². The van der Waals surface area contributed by atoms with Crippen molar-refractivity contribution in [2.24, 2.45) is 5.73 Å². The predicted molar refractivity (Wildman–Crippen MR) is 110 cm³/mol. The van der Waals surface area contributed by atoms with Gasteiger partial charge in [-0.05, 0) is 29.7 Å². The van der Waals surface area contributed by atoms with Crippen LogP contribution in [-0.2, 0) is 17.0 Å². The van der Waals surface area contributed by atoms with E-state index >= 15 is 0 Å². The summed E-state index contributed by atoms with van der Waals surface area (Å²) in [5.74, 6) is 1.19. The van der Waals surface area contributed by atoms with E-state index in [0.29, 0.717) is 12.1 Å². The van der Waals surface area contributed by atoms with Crippen LogP contribution in [0.25, 0.3) is 0 Å². The van der Waals surface area contributed by atoms with Crippen LogP contribution >= 0.6 is 11.8 Å². The Hall–Kier alpha value is -2.64. The zero-order valence-corrected chi connectivity index (χ0v) is 16.9. The van der Waals surface area contributed by atoms with Crippen molar-refractivity contribution in [3.63, 3.8) is 0 Å². The van der Waals surface area contributed by atoms with Gasteiger partial charge in [-0.15, -0.1) is 10.2 Å². The molecule has 0 amide bonds. The number of thioether (sulfide) groups is 1. The van der Waals surface area contributed by atoms with Crippen LogP contribution in [0.3, 0.4) is 0 Å². The molecular weight excluding hydrogens is 372 g/mol. The zero-order chi connectivity index (χ0) is 19.9. The Bertz CT molecular complexity index is 910. The van der Waals surface area contributed by atoms with Gasteiger partial charge in [-0.25, -0.2) is 4.79 Å². The Morgan fingerprint density at radius 1 is 1.11 bits per heavy atom. The summed E-state index contributed by atoms with van der Waals surface area (Å²) < 4.78 is 6.83. The number of ether oxygens (including phenoxy) is 1. The molecule has 3 aromatic rings. The van der Waals surface area contributed by atoms with E-state index in [1.807, 2.05) is 37.3 Å². The minimum Gasteiger partial charge on any atom is -0.465 e. The Morgan fingerprint density at radius 2 is 1.82 bits per heavy atom. The van der Waals surface area contributed by atoms with Gasteiger partial charge < -0.3 is 15.0 Å². The highest BCUT2D eigenvalue weighted by Crippen LogP contribution is 2.25. The third-order valence-corrected chi connectivity index (χ3v) is 5.48. The molecule has 1 heterocycles. The molecule has 0 fully saturated rings. The SMILES string of the molecule is CCC(N)c1nnc(SCc2ccc(C(=O)OC)cc2)n1Cc1ccccc1. The molecule has 146 valence electrons. The highest BCUT2D eigenvalue weighted by molar-refractivity contribution is 7.98. The summed E-state index contributed by atoms with van der Waals surface area (Å²) in [4.78, 5) is 11.6. The minimum atomic E-state index is -0.333. The Kier molecular flexibility index (Phi) is 6.84. The van der Waals surface area contributed by atoms with Crippen LogP contribution in [0.2, 0.25) is 0 Å². The van der Waals surface area contributed by atoms with Crippen LogP contribution in [0.15, 0.2) is 59.8 Å². The number of hydrogen-bond donors (Lipinski definition) is 1. The molecule has 2 N–H and O–H groups in total. The largest absolute Gasteiger partial charge is 0.465 e. The van der Waals surface area contributed by atoms with E-state index in [1.54, 1.807) is 23.9 Å². The van der Waals surface area contributed by atoms with Crippen LogP contribution in [0.5, 0.6) is 0 Å². The summed E-state index contributed by atoms with van der Waals surface area (Å²) in [5, 5.41) is 9.56. The van der Waals surface area contributed by atoms with E-state index in [9.17, 15) is 4.79 Å². The van der Waals surface area contributed by atoms with Gasteiger partial charge in [0.2, 0.25) is 0 Å². The van der Waals surface area contributed by atoms with E-state index in [0.717, 1.165) is 28.7 Å². The van der Waals surface area contributed by atoms with Crippen LogP contribution in [0.4, 0.5) is 0 Å². The van der Waals surface area contributed by atoms with Crippen molar-refractivity contribution >= 4 is 17.7 Å². The number of methoxy groups -OCH3 is 1. The predicted octanol–water partition coefficient (Wildman–Crippen LogP) is 3.82. The van der Waals surface area contributed by atoms with Crippen LogP contribution in [0, 0.1) is 0 Å². The molecule has 6 nitrogen and oxygen atoms in total. The molecule has 28 heavy (non-hydrogen) atoms. The average molecular weight is 397 g/mol. The monoisotopic (exact) mass is 396 g/mol. The fourth-order valence-electron chi connectivity index (χ4n) is 2.78. The van der Waals surface area contributed by atoms with Gasteiger partial charge in [-0.2, -0.15) is 0 Å². The summed E-state index contributed by atoms with van der Waals surface area (Å²) in [7, 11) is 1.38. The highest BCUT2D eigenvalue weighted by Gasteiger charge is 2.18. The molecule has 2 aromatic carbocycles. The lowest BCUT2D eigenvalue weighted by Gasteiger charge is -2.13. The maximum Gasteiger partial charge on any atom is 0.337 e. The van der Waals surface area contributed by atoms with Gasteiger partial charge in [0.25, 0.3) is 0 Å². The van der Waals surface area contributed by atoms with Crippen LogP contribution in [0.1, 0.15) is 46.7 Å². The molecular formula is C21H24N4O2S. The van der Waals surface area contributed by atoms with Gasteiger partial charge in [0.05, 0.1) is 25.3 Å². The Balaban J connectivity index is 1.77. The summed E-state index contributed by atoms with van der Waals surface area (Å²) in [6.07, 6.45) is 0.798. The average Bonchev–Trinajstić information content (AvgIpc) is 3.14. The first-order chi connectivity index (χ1) is 13.6. The van der Waals surface area contributed by atoms with Gasteiger partial charge in [-0.3, -0.25) is 0 Å². The molecule has 1 aromatic heterocycles. The first kappa shape index (κ1) is 20.1. The summed E-state index contributed by atoms with van der Waals surface area (Å²) in [6.45, 7) is 2.72. The first-order valence-corrected chi connectivity index (χ1v) is 10.1. The molecule has 1 unspecified atom stereocenters. The van der Waals surface area contributed by atoms with Crippen molar-refractivity contribution in [2.45, 2.75) is 36.8 Å². The molecule has 3 rings (SSSR count). The van der Waals surface area contributed by atoms with Crippen LogP contribution < -0.4 is 5.73 Å². The van der Waals surface area contributed by atoms with Crippen molar-refractivity contribution < 1.29 is 9.53 Å². The number of nitrogens with zero attached hydrogens (tertiary/aromatic N) is 3. The van der Waals surface area contributed by atoms with E-state index in [2.05, 4.69) is 26.9 Å². The first-order valence-electron chi connectivity index (χ1n) is 9.15. The number of carbonyl (C=O) groups excluding carboxylic acids is 1. The smallest absolute Gasteiger partial charge is 0.337 e. The summed E-state index contributed by atoms with van der Waals surface area (Å²) in [5.41, 5.74) is 9.06. The van der Waals surface area contributed by atoms with Crippen molar-refractivity contribution in [1.82, 2.24) is 14.8 Å². The molecule has 0 bridgehead atoms. The molecule has 0 saturated heterocycles. The maximum absolute atomic E-state index is 11.6. The molecule has 7 heteroatoms. The Labute approximate surface area is 169 Å². The van der Waals surface area contributed by atoms with Crippen LogP contribution in [-0.4, -0.2) is 27.8 Å². The summed E-state index contributed by atoms with van der Waals surface area (Å²) in [6, 6.07) is 17.5. The molecule has 1 atom stereocenters. The van der Waals surface area contributed by atoms with E-state index in [1.165, 1.54) is 12.7 Å². The highest BCUT2D eigenvalue weighted by atomic mass is 32.2. The second-order valence-corrected chi connectivity index (χ2v) is 7.35. The van der Waals surface area contributed by atoms with Crippen molar-refractivity contribution in [3.8, 4) is 0 Å². The molecule has 0 radical (unpaired) electrons. The number of benzene rings is 2. The quantitative estimate of drug-likeness (QED) is 0.460. The molecule has 0 aliphatic carbocycles. The van der Waals surface area contributed by atoms with E-state index in [-0.39, 0.29) is 12.0 Å². The fourth-order valence-corrected chi connectivity index (χ4v) is 3.68. The van der Waals surface area contributed by atoms with E-state index in [4.69, 9.17) is 10.5 Å². The Morgan fingerprint density at radius 3 is 2.46 bits per heavy atom. The van der Waals surface area contributed by atoms with Gasteiger partial charge in [0.1, 0.15) is 0 Å². The number of nitrogens with two attached hydrogens (primary N) is 1. The third kappa shape index (κ3) is 4.79. The number of hydrogen-bond acceptors (Lipinski definition) is 6. The topological polar surface area (TPSA) is 83.0 Å². The minimum absolute atomic E-state index is 0.148.